The first-order valence-corrected chi connectivity index (χ1v) is 9.02. The standard InChI is InChI=1S/C20H23N5O2/c1-24(2)16-5-3-14(4-6-16)12-25-13-17(26)11-18(25)20-22-19(23-27-20)15-7-9-21-10-8-15/h3-10,17-18,26H,11-13H2,1-2H3. The number of hydrogen-bond donors (Lipinski definition) is 1. The van der Waals surface area contributed by atoms with Crippen molar-refractivity contribution in [2.45, 2.75) is 25.1 Å². The SMILES string of the molecule is CN(C)c1ccc(CN2CC(O)CC2c2nc(-c3ccncc3)no2)cc1. The average molecular weight is 365 g/mol. The van der Waals surface area contributed by atoms with Crippen LogP contribution in [0.1, 0.15) is 23.9 Å². The van der Waals surface area contributed by atoms with Gasteiger partial charge in [0.1, 0.15) is 0 Å². The highest BCUT2D eigenvalue weighted by Crippen LogP contribution is 2.33. The highest BCUT2D eigenvalue weighted by molar-refractivity contribution is 5.52. The Morgan fingerprint density at radius 1 is 1.15 bits per heavy atom. The summed E-state index contributed by atoms with van der Waals surface area (Å²) in [6, 6.07) is 12.1. The summed E-state index contributed by atoms with van der Waals surface area (Å²) in [5.74, 6) is 1.09. The fourth-order valence-electron chi connectivity index (χ4n) is 3.43. The van der Waals surface area contributed by atoms with Gasteiger partial charge in [0.2, 0.25) is 11.7 Å². The molecule has 3 aromatic rings. The maximum Gasteiger partial charge on any atom is 0.244 e. The first-order valence-electron chi connectivity index (χ1n) is 9.02. The molecule has 4 rings (SSSR count). The number of benzene rings is 1. The summed E-state index contributed by atoms with van der Waals surface area (Å²) in [5.41, 5.74) is 3.22. The predicted molar refractivity (Wildman–Crippen MR) is 102 cm³/mol. The number of anilines is 1. The fraction of sp³-hybridized carbons (Fsp3) is 0.350. The average Bonchev–Trinajstić information content (AvgIpc) is 3.29. The number of β-amino-alcohol motifs (C(OH)–C–C–N with tert-alkyl or cyclic N) is 1. The number of rotatable bonds is 5. The zero-order valence-corrected chi connectivity index (χ0v) is 15.5. The van der Waals surface area contributed by atoms with Crippen LogP contribution in [0.5, 0.6) is 0 Å². The summed E-state index contributed by atoms with van der Waals surface area (Å²) >= 11 is 0. The maximum absolute atomic E-state index is 10.2. The molecular formula is C20H23N5O2. The Morgan fingerprint density at radius 2 is 1.89 bits per heavy atom. The van der Waals surface area contributed by atoms with Gasteiger partial charge in [0.25, 0.3) is 0 Å². The molecule has 1 aromatic carbocycles. The van der Waals surface area contributed by atoms with Gasteiger partial charge in [0, 0.05) is 50.8 Å². The van der Waals surface area contributed by atoms with Gasteiger partial charge in [-0.3, -0.25) is 9.88 Å². The molecule has 0 bridgehead atoms. The summed E-state index contributed by atoms with van der Waals surface area (Å²) in [5, 5.41) is 14.3. The minimum Gasteiger partial charge on any atom is -0.392 e. The smallest absolute Gasteiger partial charge is 0.244 e. The monoisotopic (exact) mass is 365 g/mol. The molecule has 7 heteroatoms. The van der Waals surface area contributed by atoms with Crippen molar-refractivity contribution in [3.8, 4) is 11.4 Å². The maximum atomic E-state index is 10.2. The molecule has 1 saturated heterocycles. The molecule has 0 radical (unpaired) electrons. The lowest BCUT2D eigenvalue weighted by molar-refractivity contribution is 0.169. The van der Waals surface area contributed by atoms with E-state index in [2.05, 4.69) is 49.2 Å². The lowest BCUT2D eigenvalue weighted by Gasteiger charge is -2.21. The van der Waals surface area contributed by atoms with Gasteiger partial charge >= 0.3 is 0 Å². The number of nitrogens with zero attached hydrogens (tertiary/aromatic N) is 5. The third-order valence-corrected chi connectivity index (χ3v) is 4.89. The van der Waals surface area contributed by atoms with Crippen LogP contribution in [0.3, 0.4) is 0 Å². The number of aliphatic hydroxyl groups excluding tert-OH is 1. The van der Waals surface area contributed by atoms with E-state index in [0.29, 0.717) is 24.7 Å². The van der Waals surface area contributed by atoms with Crippen molar-refractivity contribution in [2.24, 2.45) is 0 Å². The Bertz CT molecular complexity index is 879. The summed E-state index contributed by atoms with van der Waals surface area (Å²) < 4.78 is 5.53. The molecule has 27 heavy (non-hydrogen) atoms. The highest BCUT2D eigenvalue weighted by Gasteiger charge is 2.35. The number of pyridine rings is 1. The molecule has 2 aromatic heterocycles. The van der Waals surface area contributed by atoms with Crippen molar-refractivity contribution < 1.29 is 9.63 Å². The number of aliphatic hydroxyl groups is 1. The molecule has 3 heterocycles. The number of likely N-dealkylation sites (tertiary alicyclic amines) is 1. The molecule has 140 valence electrons. The van der Waals surface area contributed by atoms with Gasteiger partial charge in [0.15, 0.2) is 0 Å². The van der Waals surface area contributed by atoms with Gasteiger partial charge < -0.3 is 14.5 Å². The first kappa shape index (κ1) is 17.6. The Labute approximate surface area is 158 Å². The van der Waals surface area contributed by atoms with Gasteiger partial charge in [-0.1, -0.05) is 17.3 Å². The number of hydrogen-bond acceptors (Lipinski definition) is 7. The van der Waals surface area contributed by atoms with E-state index in [-0.39, 0.29) is 6.04 Å². The van der Waals surface area contributed by atoms with E-state index >= 15 is 0 Å². The first-order chi connectivity index (χ1) is 13.1. The van der Waals surface area contributed by atoms with E-state index in [4.69, 9.17) is 4.52 Å². The van der Waals surface area contributed by atoms with Crippen molar-refractivity contribution in [3.63, 3.8) is 0 Å². The minimum absolute atomic E-state index is 0.0865. The fourth-order valence-corrected chi connectivity index (χ4v) is 3.43. The van der Waals surface area contributed by atoms with E-state index in [1.165, 1.54) is 5.56 Å². The molecule has 1 fully saturated rings. The molecule has 1 aliphatic rings. The predicted octanol–water partition coefficient (Wildman–Crippen LogP) is 2.51. The molecule has 1 aliphatic heterocycles. The van der Waals surface area contributed by atoms with Gasteiger partial charge in [-0.25, -0.2) is 0 Å². The molecule has 0 amide bonds. The third kappa shape index (κ3) is 3.84. The van der Waals surface area contributed by atoms with Crippen LogP contribution >= 0.6 is 0 Å². The number of aromatic nitrogens is 3. The zero-order chi connectivity index (χ0) is 18.8. The highest BCUT2D eigenvalue weighted by atomic mass is 16.5. The molecule has 7 nitrogen and oxygen atoms in total. The Morgan fingerprint density at radius 3 is 2.59 bits per heavy atom. The lowest BCUT2D eigenvalue weighted by atomic mass is 10.1. The Balaban J connectivity index is 1.52. The Kier molecular flexibility index (Phi) is 4.87. The topological polar surface area (TPSA) is 78.5 Å². The van der Waals surface area contributed by atoms with Crippen LogP contribution in [0.25, 0.3) is 11.4 Å². The van der Waals surface area contributed by atoms with E-state index in [0.717, 1.165) is 17.8 Å². The van der Waals surface area contributed by atoms with Crippen LogP contribution in [-0.2, 0) is 6.54 Å². The molecular weight excluding hydrogens is 342 g/mol. The van der Waals surface area contributed by atoms with Gasteiger partial charge in [-0.15, -0.1) is 0 Å². The minimum atomic E-state index is -0.396. The van der Waals surface area contributed by atoms with Crippen LogP contribution in [-0.4, -0.2) is 51.9 Å². The molecule has 2 unspecified atom stereocenters. The quantitative estimate of drug-likeness (QED) is 0.744. The summed E-state index contributed by atoms with van der Waals surface area (Å²) in [4.78, 5) is 12.8. The van der Waals surface area contributed by atoms with Crippen LogP contribution in [0.2, 0.25) is 0 Å². The van der Waals surface area contributed by atoms with Gasteiger partial charge in [0.05, 0.1) is 12.1 Å². The molecule has 1 N–H and O–H groups in total. The van der Waals surface area contributed by atoms with Crippen molar-refractivity contribution in [2.75, 3.05) is 25.5 Å². The summed E-state index contributed by atoms with van der Waals surface area (Å²) in [6.45, 7) is 1.31. The summed E-state index contributed by atoms with van der Waals surface area (Å²) in [7, 11) is 4.05. The second kappa shape index (κ2) is 7.46. The van der Waals surface area contributed by atoms with Crippen LogP contribution in [0.4, 0.5) is 5.69 Å². The summed E-state index contributed by atoms with van der Waals surface area (Å²) in [6.07, 6.45) is 3.60. The largest absolute Gasteiger partial charge is 0.392 e. The van der Waals surface area contributed by atoms with E-state index in [9.17, 15) is 5.11 Å². The zero-order valence-electron chi connectivity index (χ0n) is 15.5. The van der Waals surface area contributed by atoms with Crippen LogP contribution in [0, 0.1) is 0 Å². The van der Waals surface area contributed by atoms with Crippen molar-refractivity contribution in [3.05, 3.63) is 60.2 Å². The van der Waals surface area contributed by atoms with Crippen molar-refractivity contribution in [1.82, 2.24) is 20.0 Å². The van der Waals surface area contributed by atoms with Crippen LogP contribution < -0.4 is 4.90 Å². The van der Waals surface area contributed by atoms with Gasteiger partial charge in [-0.2, -0.15) is 4.98 Å². The van der Waals surface area contributed by atoms with Crippen LogP contribution in [0.15, 0.2) is 53.3 Å². The Hall–Kier alpha value is -2.77. The second-order valence-corrected chi connectivity index (χ2v) is 7.09. The second-order valence-electron chi connectivity index (χ2n) is 7.09. The van der Waals surface area contributed by atoms with E-state index < -0.39 is 6.10 Å². The molecule has 0 spiro atoms. The normalized spacial score (nSPS) is 20.1. The van der Waals surface area contributed by atoms with Crippen molar-refractivity contribution >= 4 is 5.69 Å². The van der Waals surface area contributed by atoms with Crippen molar-refractivity contribution in [1.29, 1.82) is 0 Å². The third-order valence-electron chi connectivity index (χ3n) is 4.89. The van der Waals surface area contributed by atoms with Gasteiger partial charge in [-0.05, 0) is 36.2 Å². The van der Waals surface area contributed by atoms with E-state index in [1.807, 2.05) is 26.2 Å². The molecule has 0 aliphatic carbocycles. The molecule has 0 saturated carbocycles. The van der Waals surface area contributed by atoms with E-state index in [1.54, 1.807) is 12.4 Å². The lowest BCUT2D eigenvalue weighted by Crippen LogP contribution is -2.24. The molecule has 2 atom stereocenters.